The van der Waals surface area contributed by atoms with Crippen molar-refractivity contribution in [1.82, 2.24) is 24.6 Å². The Balaban J connectivity index is 1.54. The van der Waals surface area contributed by atoms with Gasteiger partial charge in [-0.1, -0.05) is 17.7 Å². The fourth-order valence-electron chi connectivity index (χ4n) is 3.68. The molecule has 37 heavy (non-hydrogen) atoms. The van der Waals surface area contributed by atoms with Crippen LogP contribution in [-0.2, 0) is 15.7 Å². The van der Waals surface area contributed by atoms with Crippen LogP contribution in [0.2, 0.25) is 5.02 Å². The molecule has 196 valence electrons. The van der Waals surface area contributed by atoms with Gasteiger partial charge in [-0.25, -0.2) is 9.98 Å². The largest absolute Gasteiger partial charge is 0.423 e. The Morgan fingerprint density at radius 2 is 2.03 bits per heavy atom. The van der Waals surface area contributed by atoms with Gasteiger partial charge >= 0.3 is 6.18 Å². The van der Waals surface area contributed by atoms with Gasteiger partial charge in [-0.2, -0.15) is 27.9 Å². The van der Waals surface area contributed by atoms with Gasteiger partial charge in [0.25, 0.3) is 6.01 Å². The zero-order valence-corrected chi connectivity index (χ0v) is 20.7. The van der Waals surface area contributed by atoms with Crippen molar-refractivity contribution < 1.29 is 27.1 Å². The number of oxazole rings is 1. The lowest BCUT2D eigenvalue weighted by atomic mass is 10.2. The van der Waals surface area contributed by atoms with E-state index in [1.807, 2.05) is 0 Å². The molecule has 0 radical (unpaired) electrons. The Kier molecular flexibility index (Phi) is 7.64. The van der Waals surface area contributed by atoms with Crippen LogP contribution in [0.1, 0.15) is 31.3 Å². The number of aromatic nitrogens is 4. The third kappa shape index (κ3) is 5.83. The lowest BCUT2D eigenvalue weighted by molar-refractivity contribution is -0.137. The molecule has 0 saturated carbocycles. The molecule has 4 rings (SSSR count). The van der Waals surface area contributed by atoms with E-state index in [1.54, 1.807) is 30.9 Å². The van der Waals surface area contributed by atoms with E-state index >= 15 is 0 Å². The highest BCUT2D eigenvalue weighted by Gasteiger charge is 2.34. The van der Waals surface area contributed by atoms with Crippen molar-refractivity contribution in [2.24, 2.45) is 4.99 Å². The number of benzene rings is 1. The van der Waals surface area contributed by atoms with Crippen LogP contribution < -0.4 is 5.32 Å². The zero-order valence-electron chi connectivity index (χ0n) is 19.9. The highest BCUT2D eigenvalue weighted by atomic mass is 35.5. The SMILES string of the molecule is C=N/C(=C\C=C(/C)C(=O)N1CCOCC1)n1ncnc1[C@H](C)Nc1nc2cc(C(F)(F)F)c(Cl)cc2o1. The molecule has 3 heterocycles. The van der Waals surface area contributed by atoms with Gasteiger partial charge in [0.05, 0.1) is 29.8 Å². The number of carbonyl (C=O) groups is 1. The lowest BCUT2D eigenvalue weighted by Gasteiger charge is -2.27. The maximum absolute atomic E-state index is 13.2. The van der Waals surface area contributed by atoms with Crippen molar-refractivity contribution in [1.29, 1.82) is 0 Å². The number of hydrogen-bond donors (Lipinski definition) is 1. The van der Waals surface area contributed by atoms with Crippen LogP contribution in [0.3, 0.4) is 0 Å². The van der Waals surface area contributed by atoms with Gasteiger partial charge in [0, 0.05) is 24.7 Å². The molecule has 1 aliphatic heterocycles. The minimum atomic E-state index is -4.62. The fourth-order valence-corrected chi connectivity index (χ4v) is 3.94. The van der Waals surface area contributed by atoms with Crippen LogP contribution in [0, 0.1) is 0 Å². The summed E-state index contributed by atoms with van der Waals surface area (Å²) in [6, 6.07) is 1.31. The molecule has 0 spiro atoms. The Bertz CT molecular complexity index is 1370. The maximum atomic E-state index is 13.2. The van der Waals surface area contributed by atoms with E-state index in [1.165, 1.54) is 11.0 Å². The molecule has 0 aliphatic carbocycles. The monoisotopic (exact) mass is 537 g/mol. The zero-order chi connectivity index (χ0) is 26.7. The van der Waals surface area contributed by atoms with Crippen LogP contribution >= 0.6 is 11.6 Å². The third-order valence-corrected chi connectivity index (χ3v) is 5.89. The molecule has 1 amide bonds. The number of morpholine rings is 1. The highest BCUT2D eigenvalue weighted by Crippen LogP contribution is 2.37. The normalized spacial score (nSPS) is 16.2. The molecule has 14 heteroatoms. The number of nitrogens with one attached hydrogen (secondary N) is 1. The summed E-state index contributed by atoms with van der Waals surface area (Å²) >= 11 is 5.76. The molecular formula is C23H23ClF3N7O3. The van der Waals surface area contributed by atoms with E-state index in [-0.39, 0.29) is 23.0 Å². The van der Waals surface area contributed by atoms with Crippen molar-refractivity contribution in [2.45, 2.75) is 26.1 Å². The number of ether oxygens (including phenoxy) is 1. The second-order valence-electron chi connectivity index (χ2n) is 8.15. The molecule has 1 N–H and O–H groups in total. The van der Waals surface area contributed by atoms with E-state index in [4.69, 9.17) is 20.8 Å². The van der Waals surface area contributed by atoms with Crippen molar-refractivity contribution >= 4 is 47.2 Å². The maximum Gasteiger partial charge on any atom is 0.417 e. The molecule has 1 atom stereocenters. The smallest absolute Gasteiger partial charge is 0.417 e. The molecule has 10 nitrogen and oxygen atoms in total. The number of halogens is 4. The van der Waals surface area contributed by atoms with Gasteiger partial charge < -0.3 is 19.4 Å². The van der Waals surface area contributed by atoms with Crippen LogP contribution in [0.25, 0.3) is 16.9 Å². The van der Waals surface area contributed by atoms with E-state index in [0.717, 1.165) is 12.1 Å². The first kappa shape index (κ1) is 26.4. The first-order chi connectivity index (χ1) is 17.6. The average Bonchev–Trinajstić information content (AvgIpc) is 3.50. The molecule has 2 aromatic heterocycles. The van der Waals surface area contributed by atoms with E-state index in [2.05, 4.69) is 32.1 Å². The molecule has 1 fully saturated rings. The Morgan fingerprint density at radius 1 is 1.30 bits per heavy atom. The summed E-state index contributed by atoms with van der Waals surface area (Å²) in [6.07, 6.45) is -0.106. The van der Waals surface area contributed by atoms with Crippen molar-refractivity contribution in [3.63, 3.8) is 0 Å². The Morgan fingerprint density at radius 3 is 2.70 bits per heavy atom. The number of allylic oxidation sites excluding steroid dienone is 2. The minimum absolute atomic E-state index is 0.00761. The second-order valence-corrected chi connectivity index (χ2v) is 8.56. The number of anilines is 1. The summed E-state index contributed by atoms with van der Waals surface area (Å²) in [5.41, 5.74) is -0.421. The first-order valence-corrected chi connectivity index (χ1v) is 11.5. The number of rotatable bonds is 7. The van der Waals surface area contributed by atoms with Crippen molar-refractivity contribution in [3.05, 3.63) is 52.6 Å². The second kappa shape index (κ2) is 10.7. The van der Waals surface area contributed by atoms with E-state index in [0.29, 0.717) is 43.5 Å². The van der Waals surface area contributed by atoms with Crippen LogP contribution in [0.5, 0.6) is 0 Å². The number of nitrogens with zero attached hydrogens (tertiary/aromatic N) is 6. The van der Waals surface area contributed by atoms with Crippen LogP contribution in [-0.4, -0.2) is 63.6 Å². The van der Waals surface area contributed by atoms with Gasteiger partial charge in [-0.15, -0.1) is 0 Å². The van der Waals surface area contributed by atoms with E-state index in [9.17, 15) is 18.0 Å². The summed E-state index contributed by atoms with van der Waals surface area (Å²) < 4.78 is 51.7. The summed E-state index contributed by atoms with van der Waals surface area (Å²) in [5.74, 6) is 0.580. The summed E-state index contributed by atoms with van der Waals surface area (Å²) in [7, 11) is 0. The lowest BCUT2D eigenvalue weighted by Crippen LogP contribution is -2.41. The number of aliphatic imine (C=N–C) groups is 1. The number of alkyl halides is 3. The molecule has 3 aromatic rings. The molecule has 1 saturated heterocycles. The topological polar surface area (TPSA) is 111 Å². The number of amides is 1. The van der Waals surface area contributed by atoms with Crippen molar-refractivity contribution in [3.8, 4) is 0 Å². The number of fused-ring (bicyclic) bond motifs is 1. The summed E-state index contributed by atoms with van der Waals surface area (Å²) in [4.78, 5) is 26.7. The van der Waals surface area contributed by atoms with Crippen molar-refractivity contribution in [2.75, 3.05) is 31.6 Å². The predicted octanol–water partition coefficient (Wildman–Crippen LogP) is 4.57. The highest BCUT2D eigenvalue weighted by molar-refractivity contribution is 6.32. The predicted molar refractivity (Wildman–Crippen MR) is 131 cm³/mol. The molecule has 1 aromatic carbocycles. The quantitative estimate of drug-likeness (QED) is 0.267. The first-order valence-electron chi connectivity index (χ1n) is 11.1. The summed E-state index contributed by atoms with van der Waals surface area (Å²) in [6.45, 7) is 9.05. The van der Waals surface area contributed by atoms with Gasteiger partial charge in [0.1, 0.15) is 11.8 Å². The molecule has 0 bridgehead atoms. The molecule has 0 unspecified atom stereocenters. The van der Waals surface area contributed by atoms with Gasteiger partial charge in [-0.3, -0.25) is 4.79 Å². The minimum Gasteiger partial charge on any atom is -0.423 e. The van der Waals surface area contributed by atoms with Crippen LogP contribution in [0.15, 0.2) is 45.6 Å². The van der Waals surface area contributed by atoms with E-state index < -0.39 is 22.8 Å². The molecule has 1 aliphatic rings. The van der Waals surface area contributed by atoms with Crippen LogP contribution in [0.4, 0.5) is 19.2 Å². The van der Waals surface area contributed by atoms with Gasteiger partial charge in [0.2, 0.25) is 5.91 Å². The molecular weight excluding hydrogens is 515 g/mol. The summed E-state index contributed by atoms with van der Waals surface area (Å²) in [5, 5.41) is 6.65. The Hall–Kier alpha value is -3.71. The Labute approximate surface area is 214 Å². The average molecular weight is 538 g/mol. The van der Waals surface area contributed by atoms with Gasteiger partial charge in [-0.05, 0) is 32.7 Å². The number of carbonyl (C=O) groups excluding carboxylic acids is 1. The third-order valence-electron chi connectivity index (χ3n) is 5.58. The van der Waals surface area contributed by atoms with Gasteiger partial charge in [0.15, 0.2) is 17.2 Å². The standard InChI is InChI=1S/C23H23ClF3N7O3/c1-13(21(35)33-6-8-36-9-7-33)4-5-19(28-3)34-20(29-12-30-34)14(2)31-22-32-17-10-15(23(25,26)27)16(24)11-18(17)37-22/h4-5,10-12,14H,3,6-9H2,1-2H3,(H,31,32)/b13-4+,19-5+/t14-/m0/s1. The number of hydrogen-bond acceptors (Lipinski definition) is 8. The fraction of sp³-hybridized carbons (Fsp3) is 0.348.